The van der Waals surface area contributed by atoms with Crippen LogP contribution in [0.25, 0.3) is 0 Å². The van der Waals surface area contributed by atoms with E-state index in [1.165, 1.54) is 0 Å². The normalized spacial score (nSPS) is 18.8. The van der Waals surface area contributed by atoms with E-state index in [4.69, 9.17) is 5.11 Å². The Morgan fingerprint density at radius 1 is 1.41 bits per heavy atom. The first-order chi connectivity index (χ1) is 8.07. The zero-order valence-electron chi connectivity index (χ0n) is 10.8. The van der Waals surface area contributed by atoms with Crippen LogP contribution in [-0.2, 0) is 4.79 Å². The minimum absolute atomic E-state index is 0.0294. The van der Waals surface area contributed by atoms with E-state index >= 15 is 0 Å². The van der Waals surface area contributed by atoms with Gasteiger partial charge in [-0.1, -0.05) is 19.3 Å². The Bertz CT molecular complexity index is 301. The maximum atomic E-state index is 12.5. The van der Waals surface area contributed by atoms with Crippen LogP contribution in [0.4, 0.5) is 0 Å². The van der Waals surface area contributed by atoms with E-state index in [1.807, 2.05) is 13.8 Å². The highest BCUT2D eigenvalue weighted by molar-refractivity contribution is 5.85. The van der Waals surface area contributed by atoms with E-state index in [1.54, 1.807) is 4.90 Å². The Labute approximate surface area is 103 Å². The topological polar surface area (TPSA) is 64.3 Å². The standard InChI is InChI=1S/C13H22N2O2/c1-11(2)15(8-9-16)12(17)13(10-14)6-4-3-5-7-13/h11,16H,3-9H2,1-2H3. The molecule has 0 saturated heterocycles. The van der Waals surface area contributed by atoms with Crippen molar-refractivity contribution in [2.75, 3.05) is 13.2 Å². The molecule has 0 aromatic heterocycles. The monoisotopic (exact) mass is 238 g/mol. The molecule has 1 aliphatic carbocycles. The van der Waals surface area contributed by atoms with Gasteiger partial charge < -0.3 is 10.0 Å². The van der Waals surface area contributed by atoms with Gasteiger partial charge in [0.05, 0.1) is 12.7 Å². The van der Waals surface area contributed by atoms with Crippen LogP contribution < -0.4 is 0 Å². The van der Waals surface area contributed by atoms with Crippen LogP contribution >= 0.6 is 0 Å². The Morgan fingerprint density at radius 2 is 2.00 bits per heavy atom. The highest BCUT2D eigenvalue weighted by atomic mass is 16.3. The summed E-state index contributed by atoms with van der Waals surface area (Å²) in [6.45, 7) is 4.11. The number of rotatable bonds is 4. The molecular formula is C13H22N2O2. The third-order valence-corrected chi connectivity index (χ3v) is 3.56. The fraction of sp³-hybridized carbons (Fsp3) is 0.846. The summed E-state index contributed by atoms with van der Waals surface area (Å²) >= 11 is 0. The van der Waals surface area contributed by atoms with Gasteiger partial charge in [0.25, 0.3) is 0 Å². The summed E-state index contributed by atoms with van der Waals surface area (Å²) in [6.07, 6.45) is 4.33. The van der Waals surface area contributed by atoms with Crippen LogP contribution in [0.2, 0.25) is 0 Å². The van der Waals surface area contributed by atoms with Crippen molar-refractivity contribution in [3.63, 3.8) is 0 Å². The number of hydrogen-bond acceptors (Lipinski definition) is 3. The van der Waals surface area contributed by atoms with Gasteiger partial charge in [0, 0.05) is 12.6 Å². The molecule has 1 saturated carbocycles. The summed E-state index contributed by atoms with van der Waals surface area (Å²) in [5.74, 6) is -0.0937. The predicted octanol–water partition coefficient (Wildman–Crippen LogP) is 1.69. The highest BCUT2D eigenvalue weighted by Gasteiger charge is 2.42. The second-order valence-electron chi connectivity index (χ2n) is 5.07. The largest absolute Gasteiger partial charge is 0.395 e. The third kappa shape index (κ3) is 2.98. The molecule has 0 atom stereocenters. The highest BCUT2D eigenvalue weighted by Crippen LogP contribution is 2.37. The molecule has 0 aromatic carbocycles. The average molecular weight is 238 g/mol. The molecule has 0 aliphatic heterocycles. The molecule has 0 spiro atoms. The second-order valence-corrected chi connectivity index (χ2v) is 5.07. The van der Waals surface area contributed by atoms with Crippen molar-refractivity contribution in [3.05, 3.63) is 0 Å². The number of aliphatic hydroxyl groups is 1. The van der Waals surface area contributed by atoms with Gasteiger partial charge in [-0.25, -0.2) is 0 Å². The summed E-state index contributed by atoms with van der Waals surface area (Å²) in [7, 11) is 0. The van der Waals surface area contributed by atoms with Crippen molar-refractivity contribution in [1.82, 2.24) is 4.90 Å². The Kier molecular flexibility index (Phi) is 4.95. The molecule has 4 heteroatoms. The number of carbonyl (C=O) groups is 1. The van der Waals surface area contributed by atoms with Gasteiger partial charge in [0.2, 0.25) is 5.91 Å². The van der Waals surface area contributed by atoms with Crippen LogP contribution in [0.1, 0.15) is 46.0 Å². The van der Waals surface area contributed by atoms with Crippen molar-refractivity contribution in [2.24, 2.45) is 5.41 Å². The van der Waals surface area contributed by atoms with Crippen LogP contribution in [-0.4, -0.2) is 35.1 Å². The smallest absolute Gasteiger partial charge is 0.243 e. The lowest BCUT2D eigenvalue weighted by Gasteiger charge is -2.36. The van der Waals surface area contributed by atoms with E-state index < -0.39 is 5.41 Å². The molecule has 1 amide bonds. The molecule has 4 nitrogen and oxygen atoms in total. The zero-order chi connectivity index (χ0) is 12.9. The van der Waals surface area contributed by atoms with Crippen LogP contribution in [0.3, 0.4) is 0 Å². The van der Waals surface area contributed by atoms with Crippen LogP contribution in [0.5, 0.6) is 0 Å². The molecule has 0 aromatic rings. The SMILES string of the molecule is CC(C)N(CCO)C(=O)C1(C#N)CCCCC1. The molecule has 0 heterocycles. The van der Waals surface area contributed by atoms with Crippen molar-refractivity contribution in [1.29, 1.82) is 5.26 Å². The molecular weight excluding hydrogens is 216 g/mol. The summed E-state index contributed by atoms with van der Waals surface area (Å²) in [6, 6.07) is 2.27. The number of nitrogens with zero attached hydrogens (tertiary/aromatic N) is 2. The Hall–Kier alpha value is -1.08. The lowest BCUT2D eigenvalue weighted by atomic mass is 9.74. The van der Waals surface area contributed by atoms with Gasteiger partial charge in [-0.3, -0.25) is 4.79 Å². The van der Waals surface area contributed by atoms with Gasteiger partial charge in [0.1, 0.15) is 5.41 Å². The van der Waals surface area contributed by atoms with Gasteiger partial charge in [0.15, 0.2) is 0 Å². The first-order valence-corrected chi connectivity index (χ1v) is 6.40. The predicted molar refractivity (Wildman–Crippen MR) is 65.1 cm³/mol. The third-order valence-electron chi connectivity index (χ3n) is 3.56. The second kappa shape index (κ2) is 6.02. The summed E-state index contributed by atoms with van der Waals surface area (Å²) in [4.78, 5) is 14.1. The molecule has 1 fully saturated rings. The number of amides is 1. The number of carbonyl (C=O) groups excluding carboxylic acids is 1. The van der Waals surface area contributed by atoms with E-state index in [-0.39, 0.29) is 18.6 Å². The van der Waals surface area contributed by atoms with Gasteiger partial charge >= 0.3 is 0 Å². The first kappa shape index (κ1) is 14.0. The lowest BCUT2D eigenvalue weighted by Crippen LogP contribution is -2.48. The minimum atomic E-state index is -0.836. The Balaban J connectivity index is 2.86. The van der Waals surface area contributed by atoms with E-state index in [0.717, 1.165) is 19.3 Å². The maximum Gasteiger partial charge on any atom is 0.243 e. The average Bonchev–Trinajstić information content (AvgIpc) is 2.35. The molecule has 0 bridgehead atoms. The van der Waals surface area contributed by atoms with Gasteiger partial charge in [-0.05, 0) is 26.7 Å². The number of hydrogen-bond donors (Lipinski definition) is 1. The fourth-order valence-corrected chi connectivity index (χ4v) is 2.51. The van der Waals surface area contributed by atoms with Crippen molar-refractivity contribution in [2.45, 2.75) is 52.0 Å². The number of aliphatic hydroxyl groups excluding tert-OH is 1. The number of nitriles is 1. The molecule has 0 unspecified atom stereocenters. The van der Waals surface area contributed by atoms with Gasteiger partial charge in [-0.2, -0.15) is 5.26 Å². The molecule has 1 aliphatic rings. The van der Waals surface area contributed by atoms with Gasteiger partial charge in [-0.15, -0.1) is 0 Å². The minimum Gasteiger partial charge on any atom is -0.395 e. The van der Waals surface area contributed by atoms with E-state index in [2.05, 4.69) is 6.07 Å². The maximum absolute atomic E-state index is 12.5. The molecule has 17 heavy (non-hydrogen) atoms. The summed E-state index contributed by atoms with van der Waals surface area (Å²) < 4.78 is 0. The Morgan fingerprint density at radius 3 is 2.41 bits per heavy atom. The van der Waals surface area contributed by atoms with Crippen molar-refractivity contribution >= 4 is 5.91 Å². The van der Waals surface area contributed by atoms with E-state index in [9.17, 15) is 10.1 Å². The molecule has 1 rings (SSSR count). The molecule has 0 radical (unpaired) electrons. The molecule has 1 N–H and O–H groups in total. The van der Waals surface area contributed by atoms with Crippen molar-refractivity contribution in [3.8, 4) is 6.07 Å². The lowest BCUT2D eigenvalue weighted by molar-refractivity contribution is -0.143. The van der Waals surface area contributed by atoms with Crippen LogP contribution in [0, 0.1) is 16.7 Å². The quantitative estimate of drug-likeness (QED) is 0.810. The van der Waals surface area contributed by atoms with Crippen molar-refractivity contribution < 1.29 is 9.90 Å². The van der Waals surface area contributed by atoms with E-state index in [0.29, 0.717) is 19.4 Å². The first-order valence-electron chi connectivity index (χ1n) is 6.40. The summed E-state index contributed by atoms with van der Waals surface area (Å²) in [5.41, 5.74) is -0.836. The zero-order valence-corrected chi connectivity index (χ0v) is 10.8. The molecule has 96 valence electrons. The summed E-state index contributed by atoms with van der Waals surface area (Å²) in [5, 5.41) is 18.4. The van der Waals surface area contributed by atoms with Crippen LogP contribution in [0.15, 0.2) is 0 Å². The fourth-order valence-electron chi connectivity index (χ4n) is 2.51.